The number of piperidine rings is 1. The van der Waals surface area contributed by atoms with Gasteiger partial charge in [-0.25, -0.2) is 4.79 Å². The number of hydrogen-bond donors (Lipinski definition) is 2. The fraction of sp³-hybridized carbons (Fsp3) is 0.381. The van der Waals surface area contributed by atoms with Crippen molar-refractivity contribution >= 4 is 17.3 Å². The number of hydrogen-bond acceptors (Lipinski definition) is 4. The largest absolute Gasteiger partial charge is 0.478 e. The minimum absolute atomic E-state index is 0.0955. The standard InChI is InChI=1S/C21H25N3O2/c1-16-18(20(25)26)8-5-9-19(16)23-14-21(10-12-22-13-11-21)24(15-23)17-6-3-2-4-7-17/h2-9,22H,10-15H2,1H3,(H,25,26). The normalized spacial score (nSPS) is 19.1. The first-order valence-corrected chi connectivity index (χ1v) is 9.22. The highest BCUT2D eigenvalue weighted by Gasteiger charge is 2.45. The zero-order chi connectivity index (χ0) is 18.1. The molecule has 0 aliphatic carbocycles. The van der Waals surface area contributed by atoms with Crippen LogP contribution < -0.4 is 15.1 Å². The van der Waals surface area contributed by atoms with Crippen LogP contribution >= 0.6 is 0 Å². The van der Waals surface area contributed by atoms with Gasteiger partial charge in [-0.05, 0) is 62.7 Å². The Hall–Kier alpha value is -2.53. The van der Waals surface area contributed by atoms with Gasteiger partial charge < -0.3 is 20.2 Å². The number of nitrogens with one attached hydrogen (secondary N) is 1. The molecule has 2 aromatic carbocycles. The minimum Gasteiger partial charge on any atom is -0.478 e. The van der Waals surface area contributed by atoms with Gasteiger partial charge in [0.05, 0.1) is 17.8 Å². The van der Waals surface area contributed by atoms with E-state index in [0.717, 1.165) is 50.4 Å². The lowest BCUT2D eigenvalue weighted by molar-refractivity contribution is 0.0696. The van der Waals surface area contributed by atoms with Gasteiger partial charge in [0.25, 0.3) is 0 Å². The van der Waals surface area contributed by atoms with Crippen molar-refractivity contribution in [1.29, 1.82) is 0 Å². The van der Waals surface area contributed by atoms with Gasteiger partial charge in [0.2, 0.25) is 0 Å². The smallest absolute Gasteiger partial charge is 0.336 e. The molecule has 2 N–H and O–H groups in total. The second-order valence-corrected chi connectivity index (χ2v) is 7.33. The molecule has 2 aromatic rings. The summed E-state index contributed by atoms with van der Waals surface area (Å²) in [6.45, 7) is 5.66. The molecule has 5 nitrogen and oxygen atoms in total. The lowest BCUT2D eigenvalue weighted by Crippen LogP contribution is -2.53. The summed E-state index contributed by atoms with van der Waals surface area (Å²) >= 11 is 0. The van der Waals surface area contributed by atoms with Gasteiger partial charge in [-0.15, -0.1) is 0 Å². The third-order valence-electron chi connectivity index (χ3n) is 5.85. The van der Waals surface area contributed by atoms with Crippen LogP contribution in [-0.4, -0.2) is 42.9 Å². The van der Waals surface area contributed by atoms with Gasteiger partial charge in [-0.3, -0.25) is 0 Å². The Kier molecular flexibility index (Phi) is 4.32. The molecule has 2 fully saturated rings. The van der Waals surface area contributed by atoms with Gasteiger partial charge in [-0.2, -0.15) is 0 Å². The molecule has 4 rings (SSSR count). The van der Waals surface area contributed by atoms with Crippen LogP contribution in [0.2, 0.25) is 0 Å². The molecule has 0 bridgehead atoms. The van der Waals surface area contributed by atoms with Crippen LogP contribution in [0.4, 0.5) is 11.4 Å². The molecule has 0 amide bonds. The molecule has 0 radical (unpaired) electrons. The second kappa shape index (κ2) is 6.65. The van der Waals surface area contributed by atoms with E-state index in [9.17, 15) is 9.90 Å². The molecule has 0 unspecified atom stereocenters. The van der Waals surface area contributed by atoms with Gasteiger partial charge in [0.15, 0.2) is 0 Å². The summed E-state index contributed by atoms with van der Waals surface area (Å²) in [6.07, 6.45) is 2.19. The molecule has 136 valence electrons. The molecule has 2 saturated heterocycles. The fourth-order valence-corrected chi connectivity index (χ4v) is 4.45. The summed E-state index contributed by atoms with van der Waals surface area (Å²) in [6, 6.07) is 16.2. The molecule has 0 atom stereocenters. The van der Waals surface area contributed by atoms with Crippen LogP contribution in [0.5, 0.6) is 0 Å². The van der Waals surface area contributed by atoms with E-state index in [1.54, 1.807) is 6.07 Å². The Bertz CT molecular complexity index is 800. The monoisotopic (exact) mass is 351 g/mol. The van der Waals surface area contributed by atoms with E-state index in [1.165, 1.54) is 5.69 Å². The Labute approximate surface area is 154 Å². The van der Waals surface area contributed by atoms with Crippen LogP contribution in [0, 0.1) is 6.92 Å². The topological polar surface area (TPSA) is 55.8 Å². The van der Waals surface area contributed by atoms with E-state index in [0.29, 0.717) is 5.56 Å². The molecule has 2 aliphatic heterocycles. The number of carboxylic acid groups (broad SMARTS) is 1. The van der Waals surface area contributed by atoms with Crippen molar-refractivity contribution < 1.29 is 9.90 Å². The number of carbonyl (C=O) groups is 1. The van der Waals surface area contributed by atoms with Crippen molar-refractivity contribution in [2.45, 2.75) is 25.3 Å². The Morgan fingerprint density at radius 3 is 2.50 bits per heavy atom. The summed E-state index contributed by atoms with van der Waals surface area (Å²) in [5.74, 6) is -0.861. The van der Waals surface area contributed by atoms with Crippen molar-refractivity contribution in [2.75, 3.05) is 36.1 Å². The van der Waals surface area contributed by atoms with E-state index in [2.05, 4.69) is 39.4 Å². The minimum atomic E-state index is -0.861. The summed E-state index contributed by atoms with van der Waals surface area (Å²) in [5.41, 5.74) is 3.60. The van der Waals surface area contributed by atoms with E-state index in [1.807, 2.05) is 25.1 Å². The molecule has 26 heavy (non-hydrogen) atoms. The Morgan fingerprint density at radius 2 is 1.81 bits per heavy atom. The average Bonchev–Trinajstić information content (AvgIpc) is 3.01. The first-order valence-electron chi connectivity index (χ1n) is 9.22. The predicted molar refractivity (Wildman–Crippen MR) is 104 cm³/mol. The molecule has 0 aromatic heterocycles. The third-order valence-corrected chi connectivity index (χ3v) is 5.85. The number of nitrogens with zero attached hydrogens (tertiary/aromatic N) is 2. The number of benzene rings is 2. The Morgan fingerprint density at radius 1 is 1.08 bits per heavy atom. The van der Waals surface area contributed by atoms with E-state index in [4.69, 9.17) is 0 Å². The Balaban J connectivity index is 1.72. The van der Waals surface area contributed by atoms with Gasteiger partial charge in [-0.1, -0.05) is 24.3 Å². The van der Waals surface area contributed by atoms with Crippen molar-refractivity contribution in [3.8, 4) is 0 Å². The molecule has 2 heterocycles. The summed E-state index contributed by atoms with van der Waals surface area (Å²) < 4.78 is 0. The first kappa shape index (κ1) is 16.9. The first-order chi connectivity index (χ1) is 12.6. The number of para-hydroxylation sites is 1. The molecule has 0 saturated carbocycles. The molecule has 2 aliphatic rings. The fourth-order valence-electron chi connectivity index (χ4n) is 4.45. The van der Waals surface area contributed by atoms with Gasteiger partial charge in [0.1, 0.15) is 0 Å². The van der Waals surface area contributed by atoms with Crippen LogP contribution in [0.1, 0.15) is 28.8 Å². The lowest BCUT2D eigenvalue weighted by atomic mass is 9.87. The molecular weight excluding hydrogens is 326 g/mol. The maximum absolute atomic E-state index is 11.5. The SMILES string of the molecule is Cc1c(C(=O)O)cccc1N1CN(c2ccccc2)C2(CCNCC2)C1. The molecular formula is C21H25N3O2. The second-order valence-electron chi connectivity index (χ2n) is 7.33. The summed E-state index contributed by atoms with van der Waals surface area (Å²) in [7, 11) is 0. The third kappa shape index (κ3) is 2.82. The lowest BCUT2D eigenvalue weighted by Gasteiger charge is -2.41. The quantitative estimate of drug-likeness (QED) is 0.890. The molecule has 5 heteroatoms. The van der Waals surface area contributed by atoms with Gasteiger partial charge >= 0.3 is 5.97 Å². The number of rotatable bonds is 3. The highest BCUT2D eigenvalue weighted by molar-refractivity contribution is 5.91. The van der Waals surface area contributed by atoms with Crippen LogP contribution in [0.25, 0.3) is 0 Å². The zero-order valence-corrected chi connectivity index (χ0v) is 15.1. The zero-order valence-electron chi connectivity index (χ0n) is 15.1. The van der Waals surface area contributed by atoms with Crippen molar-refractivity contribution in [2.24, 2.45) is 0 Å². The number of anilines is 2. The highest BCUT2D eigenvalue weighted by atomic mass is 16.4. The molecule has 1 spiro atoms. The van der Waals surface area contributed by atoms with Gasteiger partial charge in [0, 0.05) is 17.9 Å². The van der Waals surface area contributed by atoms with Crippen molar-refractivity contribution in [3.05, 3.63) is 59.7 Å². The summed E-state index contributed by atoms with van der Waals surface area (Å²) in [5, 5.41) is 12.9. The van der Waals surface area contributed by atoms with Crippen molar-refractivity contribution in [3.63, 3.8) is 0 Å². The van der Waals surface area contributed by atoms with E-state index < -0.39 is 5.97 Å². The van der Waals surface area contributed by atoms with E-state index in [-0.39, 0.29) is 5.54 Å². The number of aromatic carboxylic acids is 1. The number of carboxylic acids is 1. The predicted octanol–water partition coefficient (Wildman–Crippen LogP) is 3.10. The van der Waals surface area contributed by atoms with Crippen molar-refractivity contribution in [1.82, 2.24) is 5.32 Å². The highest BCUT2D eigenvalue weighted by Crippen LogP contribution is 2.39. The maximum atomic E-state index is 11.5. The summed E-state index contributed by atoms with van der Waals surface area (Å²) in [4.78, 5) is 16.4. The van der Waals surface area contributed by atoms with E-state index >= 15 is 0 Å². The van der Waals surface area contributed by atoms with Crippen LogP contribution in [0.15, 0.2) is 48.5 Å². The van der Waals surface area contributed by atoms with Crippen LogP contribution in [0.3, 0.4) is 0 Å². The van der Waals surface area contributed by atoms with Crippen LogP contribution in [-0.2, 0) is 0 Å². The average molecular weight is 351 g/mol. The maximum Gasteiger partial charge on any atom is 0.336 e.